The second-order valence-corrected chi connectivity index (χ2v) is 8.36. The Hall–Kier alpha value is -3.65. The van der Waals surface area contributed by atoms with Crippen molar-refractivity contribution in [3.63, 3.8) is 0 Å². The minimum Gasteiger partial charge on any atom is -0.324 e. The zero-order valence-corrected chi connectivity index (χ0v) is 16.3. The summed E-state index contributed by atoms with van der Waals surface area (Å²) in [6.07, 6.45) is 0. The lowest BCUT2D eigenvalue weighted by atomic mass is 10.2. The summed E-state index contributed by atoms with van der Waals surface area (Å²) in [5, 5.41) is 2.69. The largest absolute Gasteiger partial charge is 0.324 e. The first-order valence-corrected chi connectivity index (χ1v) is 10.3. The highest BCUT2D eigenvalue weighted by Crippen LogP contribution is 2.22. The Balaban J connectivity index is 1.53. The van der Waals surface area contributed by atoms with Crippen LogP contribution in [0.3, 0.4) is 0 Å². The van der Waals surface area contributed by atoms with E-state index in [9.17, 15) is 13.2 Å². The summed E-state index contributed by atoms with van der Waals surface area (Å²) in [6.45, 7) is 0. The molecule has 0 aliphatic carbocycles. The molecule has 3 aromatic carbocycles. The quantitative estimate of drug-likeness (QED) is 0.529. The third kappa shape index (κ3) is 3.70. The molecule has 146 valence electrons. The molecular weight excluding hydrogens is 388 g/mol. The molecule has 0 atom stereocenters. The minimum absolute atomic E-state index is 0.101. The van der Waals surface area contributed by atoms with Gasteiger partial charge >= 0.3 is 0 Å². The van der Waals surface area contributed by atoms with Crippen LogP contribution in [-0.4, -0.2) is 31.3 Å². The Morgan fingerprint density at radius 1 is 0.931 bits per heavy atom. The maximum absolute atomic E-state index is 12.8. The Kier molecular flexibility index (Phi) is 4.77. The predicted molar refractivity (Wildman–Crippen MR) is 113 cm³/mol. The highest BCUT2D eigenvalue weighted by Gasteiger charge is 2.21. The SMILES string of the molecule is CN(c1ccccc1)S(=O)(=O)c1ccc(C(=O)Nc2nc3ccccc3[nH]2)cc1. The minimum atomic E-state index is -3.73. The zero-order chi connectivity index (χ0) is 20.4. The number of rotatable bonds is 5. The first-order valence-electron chi connectivity index (χ1n) is 8.85. The van der Waals surface area contributed by atoms with Gasteiger partial charge in [0.05, 0.1) is 21.6 Å². The highest BCUT2D eigenvalue weighted by molar-refractivity contribution is 7.92. The number of hydrogen-bond donors (Lipinski definition) is 2. The van der Waals surface area contributed by atoms with Crippen LogP contribution in [0.25, 0.3) is 11.0 Å². The molecule has 4 aromatic rings. The average molecular weight is 406 g/mol. The number of amides is 1. The van der Waals surface area contributed by atoms with Crippen molar-refractivity contribution in [1.29, 1.82) is 0 Å². The summed E-state index contributed by atoms with van der Waals surface area (Å²) >= 11 is 0. The van der Waals surface area contributed by atoms with E-state index in [2.05, 4.69) is 15.3 Å². The van der Waals surface area contributed by atoms with Gasteiger partial charge in [0, 0.05) is 12.6 Å². The van der Waals surface area contributed by atoms with Crippen molar-refractivity contribution in [1.82, 2.24) is 9.97 Å². The van der Waals surface area contributed by atoms with Crippen LogP contribution in [0.1, 0.15) is 10.4 Å². The number of anilines is 2. The van der Waals surface area contributed by atoms with E-state index in [1.807, 2.05) is 30.3 Å². The van der Waals surface area contributed by atoms with Gasteiger partial charge in [-0.3, -0.25) is 14.4 Å². The molecule has 0 unspecified atom stereocenters. The van der Waals surface area contributed by atoms with Crippen LogP contribution in [0.2, 0.25) is 0 Å². The molecule has 7 nitrogen and oxygen atoms in total. The van der Waals surface area contributed by atoms with E-state index in [0.717, 1.165) is 11.0 Å². The molecule has 0 spiro atoms. The van der Waals surface area contributed by atoms with Gasteiger partial charge in [-0.15, -0.1) is 0 Å². The molecule has 4 rings (SSSR count). The Morgan fingerprint density at radius 2 is 1.59 bits per heavy atom. The van der Waals surface area contributed by atoms with Crippen LogP contribution in [0, 0.1) is 0 Å². The van der Waals surface area contributed by atoms with Crippen molar-refractivity contribution in [2.75, 3.05) is 16.7 Å². The summed E-state index contributed by atoms with van der Waals surface area (Å²) in [4.78, 5) is 19.9. The predicted octanol–water partition coefficient (Wildman–Crippen LogP) is 3.64. The number of H-pyrrole nitrogens is 1. The number of carbonyl (C=O) groups is 1. The summed E-state index contributed by atoms with van der Waals surface area (Å²) in [5.41, 5.74) is 2.44. The van der Waals surface area contributed by atoms with Gasteiger partial charge in [-0.1, -0.05) is 30.3 Å². The van der Waals surface area contributed by atoms with Crippen molar-refractivity contribution in [2.24, 2.45) is 0 Å². The molecule has 0 fully saturated rings. The molecule has 1 amide bonds. The molecule has 0 saturated heterocycles. The molecular formula is C21H18N4O3S. The van der Waals surface area contributed by atoms with Crippen LogP contribution in [0.4, 0.5) is 11.6 Å². The van der Waals surface area contributed by atoms with Crippen molar-refractivity contribution < 1.29 is 13.2 Å². The third-order valence-corrected chi connectivity index (χ3v) is 6.32. The van der Waals surface area contributed by atoms with Crippen LogP contribution in [0.15, 0.2) is 83.8 Å². The van der Waals surface area contributed by atoms with E-state index < -0.39 is 10.0 Å². The lowest BCUT2D eigenvalue weighted by Crippen LogP contribution is -2.26. The number of imidazole rings is 1. The lowest BCUT2D eigenvalue weighted by molar-refractivity contribution is 0.102. The van der Waals surface area contributed by atoms with Crippen LogP contribution in [0.5, 0.6) is 0 Å². The third-order valence-electron chi connectivity index (χ3n) is 4.52. The fraction of sp³-hybridized carbons (Fsp3) is 0.0476. The van der Waals surface area contributed by atoms with Crippen LogP contribution < -0.4 is 9.62 Å². The van der Waals surface area contributed by atoms with E-state index in [1.54, 1.807) is 24.3 Å². The molecule has 1 aromatic heterocycles. The van der Waals surface area contributed by atoms with Gasteiger partial charge in [-0.2, -0.15) is 0 Å². The van der Waals surface area contributed by atoms with Crippen molar-refractivity contribution in [3.05, 3.63) is 84.4 Å². The highest BCUT2D eigenvalue weighted by atomic mass is 32.2. The van der Waals surface area contributed by atoms with Gasteiger partial charge < -0.3 is 4.98 Å². The van der Waals surface area contributed by atoms with Gasteiger partial charge in [0.2, 0.25) is 5.95 Å². The first-order chi connectivity index (χ1) is 13.9. The Morgan fingerprint density at radius 3 is 2.28 bits per heavy atom. The standard InChI is InChI=1S/C21H18N4O3S/c1-25(16-7-3-2-4-8-16)29(27,28)17-13-11-15(12-14-17)20(26)24-21-22-18-9-5-6-10-19(18)23-21/h2-14H,1H3,(H2,22,23,24,26). The van der Waals surface area contributed by atoms with Crippen molar-refractivity contribution in [3.8, 4) is 0 Å². The van der Waals surface area contributed by atoms with E-state index in [0.29, 0.717) is 17.2 Å². The van der Waals surface area contributed by atoms with Gasteiger partial charge in [0.1, 0.15) is 0 Å². The molecule has 1 heterocycles. The van der Waals surface area contributed by atoms with Gasteiger partial charge in [0.15, 0.2) is 0 Å². The van der Waals surface area contributed by atoms with Crippen molar-refractivity contribution in [2.45, 2.75) is 4.90 Å². The molecule has 0 aliphatic rings. The zero-order valence-electron chi connectivity index (χ0n) is 15.5. The molecule has 2 N–H and O–H groups in total. The second-order valence-electron chi connectivity index (χ2n) is 6.39. The number of benzene rings is 3. The van der Waals surface area contributed by atoms with Gasteiger partial charge in [-0.05, 0) is 48.5 Å². The fourth-order valence-electron chi connectivity index (χ4n) is 2.90. The van der Waals surface area contributed by atoms with E-state index in [4.69, 9.17) is 0 Å². The van der Waals surface area contributed by atoms with E-state index in [1.165, 1.54) is 35.6 Å². The Labute approximate surface area is 168 Å². The fourth-order valence-corrected chi connectivity index (χ4v) is 4.10. The number of carbonyl (C=O) groups excluding carboxylic acids is 1. The maximum Gasteiger partial charge on any atom is 0.264 e. The number of hydrogen-bond acceptors (Lipinski definition) is 4. The van der Waals surface area contributed by atoms with E-state index in [-0.39, 0.29) is 10.8 Å². The molecule has 0 aliphatic heterocycles. The van der Waals surface area contributed by atoms with Crippen LogP contribution in [-0.2, 0) is 10.0 Å². The second kappa shape index (κ2) is 7.40. The molecule has 0 saturated carbocycles. The number of para-hydroxylation sites is 3. The van der Waals surface area contributed by atoms with Gasteiger partial charge in [-0.25, -0.2) is 13.4 Å². The number of sulfonamides is 1. The van der Waals surface area contributed by atoms with Gasteiger partial charge in [0.25, 0.3) is 15.9 Å². The first kappa shape index (κ1) is 18.7. The van der Waals surface area contributed by atoms with E-state index >= 15 is 0 Å². The number of fused-ring (bicyclic) bond motifs is 1. The summed E-state index contributed by atoms with van der Waals surface area (Å²) in [7, 11) is -2.23. The topological polar surface area (TPSA) is 95.2 Å². The lowest BCUT2D eigenvalue weighted by Gasteiger charge is -2.19. The molecule has 8 heteroatoms. The molecule has 0 radical (unpaired) electrons. The molecule has 0 bridgehead atoms. The summed E-state index contributed by atoms with van der Waals surface area (Å²) in [5.74, 6) is -0.0545. The maximum atomic E-state index is 12.8. The Bertz CT molecular complexity index is 1230. The molecule has 29 heavy (non-hydrogen) atoms. The number of nitrogens with one attached hydrogen (secondary N) is 2. The normalized spacial score (nSPS) is 11.3. The monoisotopic (exact) mass is 406 g/mol. The number of aromatic amines is 1. The average Bonchev–Trinajstić information content (AvgIpc) is 3.16. The smallest absolute Gasteiger partial charge is 0.264 e. The summed E-state index contributed by atoms with van der Waals surface area (Å²) < 4.78 is 26.8. The van der Waals surface area contributed by atoms with Crippen LogP contribution >= 0.6 is 0 Å². The number of nitrogens with zero attached hydrogens (tertiary/aromatic N) is 2. The number of aromatic nitrogens is 2. The van der Waals surface area contributed by atoms with Crippen molar-refractivity contribution >= 4 is 38.6 Å². The summed E-state index contributed by atoms with van der Waals surface area (Å²) in [6, 6.07) is 22.0.